The zero-order chi connectivity index (χ0) is 18.5. The van der Waals surface area contributed by atoms with Crippen molar-refractivity contribution in [1.82, 2.24) is 4.57 Å². The first-order chi connectivity index (χ1) is 12.7. The maximum absolute atomic E-state index is 9.83. The second kappa shape index (κ2) is 8.29. The summed E-state index contributed by atoms with van der Waals surface area (Å²) >= 11 is 3.36. The zero-order valence-corrected chi connectivity index (χ0v) is 16.5. The van der Waals surface area contributed by atoms with E-state index in [-0.39, 0.29) is 0 Å². The summed E-state index contributed by atoms with van der Waals surface area (Å²) in [5.74, 6) is 1.62. The lowest BCUT2D eigenvalue weighted by Gasteiger charge is -2.11. The van der Waals surface area contributed by atoms with Gasteiger partial charge in [-0.25, -0.2) is 0 Å². The van der Waals surface area contributed by atoms with Crippen LogP contribution in [0.3, 0.4) is 0 Å². The molecule has 134 valence electrons. The molecular weight excluding hydrogens is 392 g/mol. The van der Waals surface area contributed by atoms with Gasteiger partial charge in [-0.05, 0) is 48.4 Å². The molecule has 0 amide bonds. The van der Waals surface area contributed by atoms with Crippen molar-refractivity contribution in [3.05, 3.63) is 48.0 Å². The summed E-state index contributed by atoms with van der Waals surface area (Å²) < 4.78 is 13.2. The average molecular weight is 413 g/mol. The van der Waals surface area contributed by atoms with Gasteiger partial charge in [-0.2, -0.15) is 5.26 Å². The highest BCUT2D eigenvalue weighted by Gasteiger charge is 2.19. The number of alkyl halides is 1. The smallest absolute Gasteiger partial charge is 0.120 e. The lowest BCUT2D eigenvalue weighted by Crippen LogP contribution is -2.01. The molecule has 0 atom stereocenters. The highest BCUT2D eigenvalue weighted by molar-refractivity contribution is 9.09. The minimum absolute atomic E-state index is 0.624. The van der Waals surface area contributed by atoms with Crippen molar-refractivity contribution in [1.29, 1.82) is 5.26 Å². The van der Waals surface area contributed by atoms with Crippen LogP contribution in [0, 0.1) is 11.3 Å². The lowest BCUT2D eigenvalue weighted by atomic mass is 10.1. The Hall–Kier alpha value is -2.45. The Morgan fingerprint density at radius 2 is 1.85 bits per heavy atom. The summed E-state index contributed by atoms with van der Waals surface area (Å²) in [4.78, 5) is 0. The fourth-order valence-electron chi connectivity index (χ4n) is 3.19. The quantitative estimate of drug-likeness (QED) is 0.489. The number of hydrogen-bond acceptors (Lipinski definition) is 3. The Morgan fingerprint density at radius 3 is 2.46 bits per heavy atom. The Labute approximate surface area is 162 Å². The maximum atomic E-state index is 9.83. The van der Waals surface area contributed by atoms with Crippen LogP contribution in [0.15, 0.2) is 42.5 Å². The SMILES string of the molecule is CCCn1c(-c2ccc(OCCBr)cc2)c(C#N)c2ccc(OC)cc21. The van der Waals surface area contributed by atoms with Crippen molar-refractivity contribution >= 4 is 26.8 Å². The molecule has 4 nitrogen and oxygen atoms in total. The Balaban J connectivity index is 2.17. The molecule has 0 unspecified atom stereocenters. The van der Waals surface area contributed by atoms with Crippen molar-refractivity contribution in [3.8, 4) is 28.8 Å². The van der Waals surface area contributed by atoms with Crippen molar-refractivity contribution < 1.29 is 9.47 Å². The molecule has 1 heterocycles. The number of rotatable bonds is 7. The first kappa shape index (κ1) is 18.3. The summed E-state index contributed by atoms with van der Waals surface area (Å²) in [6, 6.07) is 16.2. The predicted octanol–water partition coefficient (Wildman–Crippen LogP) is 5.37. The number of hydrogen-bond donors (Lipinski definition) is 0. The highest BCUT2D eigenvalue weighted by atomic mass is 79.9. The molecule has 0 fully saturated rings. The van der Waals surface area contributed by atoms with Crippen LogP contribution in [0.25, 0.3) is 22.2 Å². The van der Waals surface area contributed by atoms with E-state index in [2.05, 4.69) is 33.5 Å². The van der Waals surface area contributed by atoms with Gasteiger partial charge in [-0.1, -0.05) is 22.9 Å². The van der Waals surface area contributed by atoms with E-state index in [1.54, 1.807) is 7.11 Å². The normalized spacial score (nSPS) is 10.7. The largest absolute Gasteiger partial charge is 0.497 e. The molecule has 2 aromatic carbocycles. The van der Waals surface area contributed by atoms with Crippen LogP contribution in [-0.2, 0) is 6.54 Å². The zero-order valence-electron chi connectivity index (χ0n) is 15.0. The van der Waals surface area contributed by atoms with Crippen molar-refractivity contribution in [2.45, 2.75) is 19.9 Å². The molecule has 0 radical (unpaired) electrons. The minimum Gasteiger partial charge on any atom is -0.497 e. The molecule has 5 heteroatoms. The number of benzene rings is 2. The van der Waals surface area contributed by atoms with Crippen molar-refractivity contribution in [2.24, 2.45) is 0 Å². The van der Waals surface area contributed by atoms with Gasteiger partial charge in [0.05, 0.1) is 30.5 Å². The number of nitriles is 1. The molecule has 0 saturated heterocycles. The van der Waals surface area contributed by atoms with Crippen LogP contribution >= 0.6 is 15.9 Å². The Morgan fingerprint density at radius 1 is 1.12 bits per heavy atom. The summed E-state index contributed by atoms with van der Waals surface area (Å²) in [6.07, 6.45) is 0.977. The molecule has 0 spiro atoms. The number of aromatic nitrogens is 1. The van der Waals surface area contributed by atoms with E-state index in [1.807, 2.05) is 42.5 Å². The third-order valence-corrected chi connectivity index (χ3v) is 4.63. The molecule has 3 rings (SSSR count). The number of halogens is 1. The maximum Gasteiger partial charge on any atom is 0.120 e. The fourth-order valence-corrected chi connectivity index (χ4v) is 3.35. The van der Waals surface area contributed by atoms with E-state index in [9.17, 15) is 5.26 Å². The van der Waals surface area contributed by atoms with E-state index in [0.29, 0.717) is 12.2 Å². The molecule has 0 bridgehead atoms. The van der Waals surface area contributed by atoms with Gasteiger partial charge in [0, 0.05) is 23.3 Å². The van der Waals surface area contributed by atoms with E-state index < -0.39 is 0 Å². The number of methoxy groups -OCH3 is 1. The fraction of sp³-hybridized carbons (Fsp3) is 0.286. The molecule has 3 aromatic rings. The number of nitrogens with zero attached hydrogens (tertiary/aromatic N) is 2. The molecule has 0 aliphatic heterocycles. The summed E-state index contributed by atoms with van der Waals surface area (Å²) in [5.41, 5.74) is 3.68. The van der Waals surface area contributed by atoms with Gasteiger partial charge in [0.1, 0.15) is 17.6 Å². The number of aryl methyl sites for hydroxylation is 1. The van der Waals surface area contributed by atoms with E-state index >= 15 is 0 Å². The first-order valence-corrected chi connectivity index (χ1v) is 9.75. The molecule has 0 aliphatic carbocycles. The third-order valence-electron chi connectivity index (χ3n) is 4.30. The number of fused-ring (bicyclic) bond motifs is 1. The Bertz CT molecular complexity index is 939. The average Bonchev–Trinajstić information content (AvgIpc) is 2.99. The molecule has 1 aromatic heterocycles. The predicted molar refractivity (Wildman–Crippen MR) is 108 cm³/mol. The van der Waals surface area contributed by atoms with Gasteiger partial charge < -0.3 is 14.0 Å². The van der Waals surface area contributed by atoms with E-state index in [1.165, 1.54) is 0 Å². The van der Waals surface area contributed by atoms with Crippen LogP contribution in [0.2, 0.25) is 0 Å². The molecule has 0 aliphatic rings. The van der Waals surface area contributed by atoms with Crippen LogP contribution < -0.4 is 9.47 Å². The third kappa shape index (κ3) is 3.42. The monoisotopic (exact) mass is 412 g/mol. The summed E-state index contributed by atoms with van der Waals surface area (Å²) in [5, 5.41) is 11.6. The molecule has 26 heavy (non-hydrogen) atoms. The van der Waals surface area contributed by atoms with Crippen molar-refractivity contribution in [3.63, 3.8) is 0 Å². The van der Waals surface area contributed by atoms with Gasteiger partial charge in [-0.3, -0.25) is 0 Å². The van der Waals surface area contributed by atoms with Crippen LogP contribution in [0.1, 0.15) is 18.9 Å². The molecule has 0 N–H and O–H groups in total. The Kier molecular flexibility index (Phi) is 5.85. The minimum atomic E-state index is 0.624. The van der Waals surface area contributed by atoms with Gasteiger partial charge in [-0.15, -0.1) is 0 Å². The van der Waals surface area contributed by atoms with Gasteiger partial charge in [0.15, 0.2) is 0 Å². The molecular formula is C21H21BrN2O2. The standard InChI is InChI=1S/C21H21BrN2O2/c1-3-11-24-20-13-17(25-2)8-9-18(20)19(14-23)21(24)15-4-6-16(7-5-15)26-12-10-22/h4-9,13H,3,10-12H2,1-2H3. The van der Waals surface area contributed by atoms with Gasteiger partial charge in [0.2, 0.25) is 0 Å². The van der Waals surface area contributed by atoms with Crippen molar-refractivity contribution in [2.75, 3.05) is 19.0 Å². The lowest BCUT2D eigenvalue weighted by molar-refractivity contribution is 0.345. The van der Waals surface area contributed by atoms with Gasteiger partial charge >= 0.3 is 0 Å². The van der Waals surface area contributed by atoms with E-state index in [4.69, 9.17) is 9.47 Å². The second-order valence-electron chi connectivity index (χ2n) is 5.93. The first-order valence-electron chi connectivity index (χ1n) is 8.63. The van der Waals surface area contributed by atoms with E-state index in [0.717, 1.165) is 52.0 Å². The summed E-state index contributed by atoms with van der Waals surface area (Å²) in [7, 11) is 1.66. The highest BCUT2D eigenvalue weighted by Crippen LogP contribution is 2.36. The molecule has 0 saturated carbocycles. The van der Waals surface area contributed by atoms with Crippen LogP contribution in [0.5, 0.6) is 11.5 Å². The van der Waals surface area contributed by atoms with Gasteiger partial charge in [0.25, 0.3) is 0 Å². The summed E-state index contributed by atoms with van der Waals surface area (Å²) in [6.45, 7) is 3.60. The van der Waals surface area contributed by atoms with Crippen LogP contribution in [0.4, 0.5) is 0 Å². The second-order valence-corrected chi connectivity index (χ2v) is 6.72. The number of ether oxygens (including phenoxy) is 2. The van der Waals surface area contributed by atoms with Crippen LogP contribution in [-0.4, -0.2) is 23.6 Å². The topological polar surface area (TPSA) is 47.2 Å².